The number of aliphatic hydroxyl groups is 1. The number of nitrogens with zero attached hydrogens (tertiary/aromatic N) is 2. The summed E-state index contributed by atoms with van der Waals surface area (Å²) in [6, 6.07) is 18.1. The largest absolute Gasteiger partial charge is 0.390 e. The van der Waals surface area contributed by atoms with Crippen LogP contribution in [0.3, 0.4) is 0 Å². The lowest BCUT2D eigenvalue weighted by Crippen LogP contribution is -2.54. The maximum atomic E-state index is 13.2. The Morgan fingerprint density at radius 1 is 1.00 bits per heavy atom. The number of hydrogen-bond donors (Lipinski definition) is 1. The topological polar surface area (TPSA) is 60.9 Å². The van der Waals surface area contributed by atoms with Crippen molar-refractivity contribution in [3.63, 3.8) is 0 Å². The van der Waals surface area contributed by atoms with E-state index < -0.39 is 11.6 Å². The third-order valence-corrected chi connectivity index (χ3v) is 4.99. The van der Waals surface area contributed by atoms with Gasteiger partial charge in [0.2, 0.25) is 0 Å². The summed E-state index contributed by atoms with van der Waals surface area (Å²) in [6.07, 6.45) is -0.113. The molecule has 0 radical (unpaired) electrons. The van der Waals surface area contributed by atoms with Gasteiger partial charge in [-0.15, -0.1) is 0 Å². The molecule has 0 unspecified atom stereocenters. The molecule has 0 spiro atoms. The van der Waals surface area contributed by atoms with Crippen molar-refractivity contribution in [3.05, 3.63) is 66.2 Å². The fourth-order valence-electron chi connectivity index (χ4n) is 3.80. The predicted molar refractivity (Wildman–Crippen MR) is 89.5 cm³/mol. The number of benzene rings is 2. The van der Waals surface area contributed by atoms with Crippen LogP contribution in [0.5, 0.6) is 0 Å². The van der Waals surface area contributed by atoms with Crippen LogP contribution in [0.25, 0.3) is 0 Å². The Morgan fingerprint density at radius 3 is 2.29 bits per heavy atom. The number of carbonyl (C=O) groups is 2. The molecule has 2 saturated heterocycles. The average Bonchev–Trinajstić information content (AvgIpc) is 3.04. The number of rotatable bonds is 3. The normalized spacial score (nSPS) is 26.1. The van der Waals surface area contributed by atoms with Crippen molar-refractivity contribution in [2.24, 2.45) is 0 Å². The molecule has 5 nitrogen and oxygen atoms in total. The first-order valence-corrected chi connectivity index (χ1v) is 8.08. The second-order valence-electron chi connectivity index (χ2n) is 6.30. The number of fused-ring (bicyclic) bond motifs is 1. The van der Waals surface area contributed by atoms with E-state index in [-0.39, 0.29) is 11.9 Å². The highest BCUT2D eigenvalue weighted by atomic mass is 16.3. The highest BCUT2D eigenvalue weighted by molar-refractivity contribution is 6.24. The summed E-state index contributed by atoms with van der Waals surface area (Å²) in [5, 5.41) is 10.6. The fraction of sp³-hybridized carbons (Fsp3) is 0.263. The molecule has 2 aliphatic heterocycles. The van der Waals surface area contributed by atoms with Crippen molar-refractivity contribution in [3.8, 4) is 0 Å². The van der Waals surface area contributed by atoms with Crippen LogP contribution in [0, 0.1) is 0 Å². The van der Waals surface area contributed by atoms with E-state index >= 15 is 0 Å². The lowest BCUT2D eigenvalue weighted by molar-refractivity contribution is -0.127. The van der Waals surface area contributed by atoms with Gasteiger partial charge in [0.05, 0.1) is 11.8 Å². The molecule has 2 aromatic carbocycles. The Bertz CT molecular complexity index is 778. The lowest BCUT2D eigenvalue weighted by atomic mass is 9.86. The predicted octanol–water partition coefficient (Wildman–Crippen LogP) is 2.20. The van der Waals surface area contributed by atoms with E-state index in [2.05, 4.69) is 0 Å². The summed E-state index contributed by atoms with van der Waals surface area (Å²) < 4.78 is 0. The molecular formula is C19H18N2O3. The number of para-hydroxylation sites is 1. The number of urea groups is 1. The maximum Gasteiger partial charge on any atom is 0.332 e. The standard InChI is InChI=1S/C19H18N2O3/c22-16-11-12-20-18(24)21(15-9-5-2-6-10-15)17(23)19(16,20)13-14-7-3-1-4-8-14/h1-10,16,22H,11-13H2/t16-,19-/m1/s1. The van der Waals surface area contributed by atoms with Gasteiger partial charge in [-0.2, -0.15) is 0 Å². The Balaban J connectivity index is 1.78. The minimum Gasteiger partial charge on any atom is -0.390 e. The number of aliphatic hydroxyl groups excluding tert-OH is 1. The van der Waals surface area contributed by atoms with Gasteiger partial charge in [-0.1, -0.05) is 48.5 Å². The van der Waals surface area contributed by atoms with Gasteiger partial charge in [0.25, 0.3) is 5.91 Å². The molecule has 3 amide bonds. The quantitative estimate of drug-likeness (QED) is 0.881. The van der Waals surface area contributed by atoms with Crippen molar-refractivity contribution >= 4 is 17.6 Å². The van der Waals surface area contributed by atoms with E-state index in [9.17, 15) is 14.7 Å². The molecule has 1 N–H and O–H groups in total. The number of anilines is 1. The molecule has 0 aliphatic carbocycles. The van der Waals surface area contributed by atoms with Gasteiger partial charge < -0.3 is 10.0 Å². The number of hydrogen-bond acceptors (Lipinski definition) is 3. The van der Waals surface area contributed by atoms with Crippen molar-refractivity contribution < 1.29 is 14.7 Å². The molecule has 4 rings (SSSR count). The summed E-state index contributed by atoms with van der Waals surface area (Å²) in [7, 11) is 0. The van der Waals surface area contributed by atoms with E-state index in [1.165, 1.54) is 4.90 Å². The third-order valence-electron chi connectivity index (χ3n) is 4.99. The monoisotopic (exact) mass is 322 g/mol. The number of amides is 3. The summed E-state index contributed by atoms with van der Waals surface area (Å²) in [6.45, 7) is 0.391. The second kappa shape index (κ2) is 5.46. The first kappa shape index (κ1) is 14.9. The van der Waals surface area contributed by atoms with Crippen LogP contribution in [0.1, 0.15) is 12.0 Å². The van der Waals surface area contributed by atoms with Crippen LogP contribution in [-0.2, 0) is 11.2 Å². The van der Waals surface area contributed by atoms with E-state index in [1.54, 1.807) is 29.2 Å². The van der Waals surface area contributed by atoms with Gasteiger partial charge in [0, 0.05) is 13.0 Å². The number of imide groups is 1. The molecule has 24 heavy (non-hydrogen) atoms. The molecular weight excluding hydrogens is 304 g/mol. The highest BCUT2D eigenvalue weighted by Crippen LogP contribution is 2.42. The van der Waals surface area contributed by atoms with Gasteiger partial charge in [0.15, 0.2) is 5.54 Å². The maximum absolute atomic E-state index is 13.2. The Hall–Kier alpha value is -2.66. The van der Waals surface area contributed by atoms with Crippen molar-refractivity contribution in [2.45, 2.75) is 24.5 Å². The Kier molecular flexibility index (Phi) is 3.39. The van der Waals surface area contributed by atoms with E-state index in [4.69, 9.17) is 0 Å². The zero-order valence-electron chi connectivity index (χ0n) is 13.1. The molecule has 5 heteroatoms. The SMILES string of the molecule is O=C1N(c2ccccc2)C(=O)[C@@]2(Cc3ccccc3)[C@H](O)CCN12. The molecule has 0 bridgehead atoms. The Labute approximate surface area is 140 Å². The van der Waals surface area contributed by atoms with Crippen LogP contribution in [0.2, 0.25) is 0 Å². The van der Waals surface area contributed by atoms with Crippen molar-refractivity contribution in [1.82, 2.24) is 4.90 Å². The van der Waals surface area contributed by atoms with E-state index in [1.807, 2.05) is 36.4 Å². The summed E-state index contributed by atoms with van der Waals surface area (Å²) in [5.74, 6) is -0.340. The number of carbonyl (C=O) groups excluding carboxylic acids is 2. The minimum absolute atomic E-state index is 0.322. The van der Waals surface area contributed by atoms with Crippen molar-refractivity contribution in [1.29, 1.82) is 0 Å². The van der Waals surface area contributed by atoms with Crippen LogP contribution < -0.4 is 4.90 Å². The summed E-state index contributed by atoms with van der Waals surface area (Å²) in [4.78, 5) is 28.8. The molecule has 2 heterocycles. The van der Waals surface area contributed by atoms with E-state index in [0.717, 1.165) is 5.56 Å². The van der Waals surface area contributed by atoms with Gasteiger partial charge in [-0.3, -0.25) is 4.79 Å². The van der Waals surface area contributed by atoms with Crippen LogP contribution in [0.4, 0.5) is 10.5 Å². The van der Waals surface area contributed by atoms with Gasteiger partial charge >= 0.3 is 6.03 Å². The van der Waals surface area contributed by atoms with Gasteiger partial charge in [-0.05, 0) is 24.1 Å². The first-order valence-electron chi connectivity index (χ1n) is 8.08. The molecule has 2 aliphatic rings. The van der Waals surface area contributed by atoms with Crippen LogP contribution >= 0.6 is 0 Å². The second-order valence-corrected chi connectivity index (χ2v) is 6.30. The molecule has 2 fully saturated rings. The molecule has 122 valence electrons. The zero-order chi connectivity index (χ0) is 16.7. The third kappa shape index (κ3) is 1.98. The fourth-order valence-corrected chi connectivity index (χ4v) is 3.80. The molecule has 2 atom stereocenters. The summed E-state index contributed by atoms with van der Waals surface area (Å²) >= 11 is 0. The smallest absolute Gasteiger partial charge is 0.332 e. The average molecular weight is 322 g/mol. The molecule has 2 aromatic rings. The lowest BCUT2D eigenvalue weighted by Gasteiger charge is -2.31. The first-order chi connectivity index (χ1) is 11.6. The van der Waals surface area contributed by atoms with Crippen LogP contribution in [-0.4, -0.2) is 40.1 Å². The Morgan fingerprint density at radius 2 is 1.62 bits per heavy atom. The molecule has 0 aromatic heterocycles. The minimum atomic E-state index is -1.20. The van der Waals surface area contributed by atoms with Gasteiger partial charge in [0.1, 0.15) is 0 Å². The van der Waals surface area contributed by atoms with Crippen LogP contribution in [0.15, 0.2) is 60.7 Å². The highest BCUT2D eigenvalue weighted by Gasteiger charge is 2.64. The zero-order valence-corrected chi connectivity index (χ0v) is 13.1. The van der Waals surface area contributed by atoms with E-state index in [0.29, 0.717) is 25.1 Å². The van der Waals surface area contributed by atoms with Gasteiger partial charge in [-0.25, -0.2) is 9.69 Å². The van der Waals surface area contributed by atoms with Crippen molar-refractivity contribution in [2.75, 3.05) is 11.4 Å². The molecule has 0 saturated carbocycles. The summed E-state index contributed by atoms with van der Waals surface area (Å²) in [5.41, 5.74) is 0.273.